The SMILES string of the molecule is CC(C)N1CCN(c2ccc(Nc3n[nH]c(NCc4ccc(O)cc4)c3C(N)=O)cc2Cl)CC1. The maximum atomic E-state index is 12.2. The number of anilines is 4. The number of piperazine rings is 1. The minimum Gasteiger partial charge on any atom is -0.508 e. The van der Waals surface area contributed by atoms with Gasteiger partial charge < -0.3 is 26.4 Å². The first kappa shape index (κ1) is 23.7. The van der Waals surface area contributed by atoms with Gasteiger partial charge >= 0.3 is 0 Å². The van der Waals surface area contributed by atoms with E-state index < -0.39 is 5.91 Å². The first-order valence-electron chi connectivity index (χ1n) is 11.3. The van der Waals surface area contributed by atoms with Crippen molar-refractivity contribution in [2.45, 2.75) is 26.4 Å². The zero-order chi connectivity index (χ0) is 24.2. The maximum absolute atomic E-state index is 12.2. The number of rotatable bonds is 8. The van der Waals surface area contributed by atoms with Crippen molar-refractivity contribution in [1.29, 1.82) is 0 Å². The number of amides is 1. The summed E-state index contributed by atoms with van der Waals surface area (Å²) in [4.78, 5) is 16.9. The highest BCUT2D eigenvalue weighted by Crippen LogP contribution is 2.32. The van der Waals surface area contributed by atoms with Crippen LogP contribution in [0, 0.1) is 0 Å². The van der Waals surface area contributed by atoms with E-state index in [1.54, 1.807) is 24.3 Å². The van der Waals surface area contributed by atoms with Gasteiger partial charge in [-0.25, -0.2) is 0 Å². The summed E-state index contributed by atoms with van der Waals surface area (Å²) < 4.78 is 0. The predicted octanol–water partition coefficient (Wildman–Crippen LogP) is 3.75. The van der Waals surface area contributed by atoms with Crippen LogP contribution in [0.4, 0.5) is 23.0 Å². The number of nitrogens with one attached hydrogen (secondary N) is 3. The summed E-state index contributed by atoms with van der Waals surface area (Å²) in [5.74, 6) is 0.302. The van der Waals surface area contributed by atoms with Crippen LogP contribution in [0.2, 0.25) is 5.02 Å². The summed E-state index contributed by atoms with van der Waals surface area (Å²) in [5, 5.41) is 23.4. The van der Waals surface area contributed by atoms with Crippen LogP contribution in [0.25, 0.3) is 0 Å². The number of primary amides is 1. The molecule has 1 aromatic heterocycles. The fraction of sp³-hybridized carbons (Fsp3) is 0.333. The summed E-state index contributed by atoms with van der Waals surface area (Å²) in [7, 11) is 0. The van der Waals surface area contributed by atoms with Crippen molar-refractivity contribution in [3.05, 3.63) is 58.6 Å². The van der Waals surface area contributed by atoms with E-state index in [1.807, 2.05) is 18.2 Å². The van der Waals surface area contributed by atoms with E-state index in [9.17, 15) is 9.90 Å². The second-order valence-corrected chi connectivity index (χ2v) is 9.02. The Hall–Kier alpha value is -3.43. The largest absolute Gasteiger partial charge is 0.508 e. The van der Waals surface area contributed by atoms with Crippen LogP contribution in [-0.4, -0.2) is 58.3 Å². The average molecular weight is 484 g/mol. The first-order chi connectivity index (χ1) is 16.3. The van der Waals surface area contributed by atoms with Gasteiger partial charge in [0.2, 0.25) is 0 Å². The van der Waals surface area contributed by atoms with Crippen LogP contribution in [-0.2, 0) is 6.54 Å². The molecule has 3 aromatic rings. The molecule has 0 spiro atoms. The van der Waals surface area contributed by atoms with Gasteiger partial charge in [0.25, 0.3) is 5.91 Å². The van der Waals surface area contributed by atoms with Gasteiger partial charge in [0.1, 0.15) is 17.1 Å². The molecular weight excluding hydrogens is 454 g/mol. The summed E-state index contributed by atoms with van der Waals surface area (Å²) in [5.41, 5.74) is 8.48. The second kappa shape index (κ2) is 10.2. The summed E-state index contributed by atoms with van der Waals surface area (Å²) in [6, 6.07) is 13.0. The molecule has 10 heteroatoms. The first-order valence-corrected chi connectivity index (χ1v) is 11.6. The van der Waals surface area contributed by atoms with Crippen LogP contribution in [0.3, 0.4) is 0 Å². The highest BCUT2D eigenvalue weighted by Gasteiger charge is 2.22. The number of H-pyrrole nitrogens is 1. The van der Waals surface area contributed by atoms with Gasteiger partial charge in [0.15, 0.2) is 5.82 Å². The molecule has 1 amide bonds. The molecule has 1 aliphatic rings. The number of aromatic amines is 1. The number of nitrogens with two attached hydrogens (primary N) is 1. The fourth-order valence-corrected chi connectivity index (χ4v) is 4.36. The lowest BCUT2D eigenvalue weighted by molar-refractivity contribution is 0.100. The number of aromatic hydroxyl groups is 1. The minimum atomic E-state index is -0.616. The highest BCUT2D eigenvalue weighted by atomic mass is 35.5. The molecule has 1 saturated heterocycles. The number of hydrogen-bond acceptors (Lipinski definition) is 7. The number of hydrogen-bond donors (Lipinski definition) is 5. The predicted molar refractivity (Wildman–Crippen MR) is 136 cm³/mol. The number of benzene rings is 2. The Bertz CT molecular complexity index is 1140. The third-order valence-electron chi connectivity index (χ3n) is 6.01. The zero-order valence-electron chi connectivity index (χ0n) is 19.3. The fourth-order valence-electron chi connectivity index (χ4n) is 4.06. The Morgan fingerprint density at radius 1 is 1.18 bits per heavy atom. The molecule has 6 N–H and O–H groups in total. The van der Waals surface area contributed by atoms with Crippen molar-refractivity contribution in [2.75, 3.05) is 41.7 Å². The van der Waals surface area contributed by atoms with E-state index >= 15 is 0 Å². The third kappa shape index (κ3) is 5.37. The van der Waals surface area contributed by atoms with Gasteiger partial charge in [-0.2, -0.15) is 5.10 Å². The van der Waals surface area contributed by atoms with E-state index in [0.29, 0.717) is 34.9 Å². The van der Waals surface area contributed by atoms with Gasteiger partial charge in [-0.3, -0.25) is 14.8 Å². The maximum Gasteiger partial charge on any atom is 0.256 e. The molecule has 34 heavy (non-hydrogen) atoms. The lowest BCUT2D eigenvalue weighted by atomic mass is 10.2. The molecule has 1 fully saturated rings. The van der Waals surface area contributed by atoms with Crippen LogP contribution in [0.15, 0.2) is 42.5 Å². The number of phenolic OH excluding ortho intramolecular Hbond substituents is 1. The molecule has 9 nitrogen and oxygen atoms in total. The van der Waals surface area contributed by atoms with Crippen molar-refractivity contribution in [1.82, 2.24) is 15.1 Å². The number of nitrogens with zero attached hydrogens (tertiary/aromatic N) is 3. The lowest BCUT2D eigenvalue weighted by Gasteiger charge is -2.38. The zero-order valence-corrected chi connectivity index (χ0v) is 20.1. The molecule has 0 atom stereocenters. The Morgan fingerprint density at radius 2 is 1.88 bits per heavy atom. The van der Waals surface area contributed by atoms with Gasteiger partial charge in [-0.05, 0) is 49.7 Å². The Morgan fingerprint density at radius 3 is 2.50 bits per heavy atom. The van der Waals surface area contributed by atoms with Crippen molar-refractivity contribution in [3.63, 3.8) is 0 Å². The molecule has 2 heterocycles. The topological polar surface area (TPSA) is 123 Å². The van der Waals surface area contributed by atoms with E-state index in [1.165, 1.54) is 0 Å². The number of carbonyl (C=O) groups is 1. The van der Waals surface area contributed by atoms with E-state index in [2.05, 4.69) is 44.5 Å². The Kier molecular flexibility index (Phi) is 7.14. The number of aromatic nitrogens is 2. The molecule has 2 aromatic carbocycles. The molecule has 180 valence electrons. The van der Waals surface area contributed by atoms with Crippen molar-refractivity contribution in [2.24, 2.45) is 5.73 Å². The summed E-state index contributed by atoms with van der Waals surface area (Å²) in [6.45, 7) is 8.70. The molecule has 1 aliphatic heterocycles. The monoisotopic (exact) mass is 483 g/mol. The molecule has 0 saturated carbocycles. The Balaban J connectivity index is 1.45. The van der Waals surface area contributed by atoms with Gasteiger partial charge in [-0.15, -0.1) is 0 Å². The quantitative estimate of drug-likeness (QED) is 0.330. The second-order valence-electron chi connectivity index (χ2n) is 8.61. The normalized spacial score (nSPS) is 14.4. The van der Waals surface area contributed by atoms with Gasteiger partial charge in [-0.1, -0.05) is 23.7 Å². The van der Waals surface area contributed by atoms with Crippen LogP contribution in [0.5, 0.6) is 5.75 Å². The van der Waals surface area contributed by atoms with Crippen LogP contribution >= 0.6 is 11.6 Å². The molecular formula is C24H30ClN7O2. The third-order valence-corrected chi connectivity index (χ3v) is 6.32. The Labute approximate surface area is 203 Å². The van der Waals surface area contributed by atoms with Crippen molar-refractivity contribution < 1.29 is 9.90 Å². The minimum absolute atomic E-state index is 0.192. The van der Waals surface area contributed by atoms with Crippen LogP contribution in [0.1, 0.15) is 29.8 Å². The number of carbonyl (C=O) groups excluding carboxylic acids is 1. The number of halogens is 1. The lowest BCUT2D eigenvalue weighted by Crippen LogP contribution is -2.49. The smallest absolute Gasteiger partial charge is 0.256 e. The summed E-state index contributed by atoms with van der Waals surface area (Å²) in [6.07, 6.45) is 0. The molecule has 0 bridgehead atoms. The van der Waals surface area contributed by atoms with Gasteiger partial charge in [0.05, 0.1) is 10.7 Å². The van der Waals surface area contributed by atoms with E-state index in [-0.39, 0.29) is 11.3 Å². The van der Waals surface area contributed by atoms with E-state index in [4.69, 9.17) is 17.3 Å². The van der Waals surface area contributed by atoms with Gasteiger partial charge in [0, 0.05) is 44.5 Å². The average Bonchev–Trinajstić information content (AvgIpc) is 3.21. The molecule has 0 unspecified atom stereocenters. The van der Waals surface area contributed by atoms with Crippen LogP contribution < -0.4 is 21.3 Å². The van der Waals surface area contributed by atoms with E-state index in [0.717, 1.165) is 37.4 Å². The standard InChI is InChI=1S/C24H30ClN7O2/c1-15(2)31-9-11-32(12-10-31)20-8-5-17(13-19(20)25)28-24-21(22(26)34)23(29-30-24)27-14-16-3-6-18(33)7-4-16/h3-8,13,15,33H,9-12,14H2,1-2H3,(H2,26,34)(H3,27,28,29,30). The highest BCUT2D eigenvalue weighted by molar-refractivity contribution is 6.33. The summed E-state index contributed by atoms with van der Waals surface area (Å²) >= 11 is 6.62. The molecule has 0 radical (unpaired) electrons. The van der Waals surface area contributed by atoms with Crippen molar-refractivity contribution in [3.8, 4) is 5.75 Å². The molecule has 0 aliphatic carbocycles. The molecule has 4 rings (SSSR count). The number of phenols is 1. The van der Waals surface area contributed by atoms with Crippen molar-refractivity contribution >= 4 is 40.5 Å².